The van der Waals surface area contributed by atoms with E-state index < -0.39 is 0 Å². The first-order chi connectivity index (χ1) is 15.4. The van der Waals surface area contributed by atoms with Gasteiger partial charge in [0.2, 0.25) is 0 Å². The molecule has 0 saturated heterocycles. The number of hydrogen-bond donors (Lipinski definition) is 0. The molecule has 144 valence electrons. The van der Waals surface area contributed by atoms with Crippen molar-refractivity contribution in [1.82, 2.24) is 0 Å². The predicted molar refractivity (Wildman–Crippen MR) is 132 cm³/mol. The van der Waals surface area contributed by atoms with Crippen molar-refractivity contribution in [2.75, 3.05) is 0 Å². The average Bonchev–Trinajstić information content (AvgIpc) is 3.22. The van der Waals surface area contributed by atoms with Crippen molar-refractivity contribution in [2.24, 2.45) is 0 Å². The van der Waals surface area contributed by atoms with Gasteiger partial charge in [0.25, 0.3) is 0 Å². The van der Waals surface area contributed by atoms with Crippen molar-refractivity contribution in [3.05, 3.63) is 109 Å². The monoisotopic (exact) mass is 394 g/mol. The van der Waals surface area contributed by atoms with Gasteiger partial charge in [-0.15, -0.1) is 0 Å². The smallest absolute Gasteiger partial charge is 0.143 e. The van der Waals surface area contributed by atoms with Gasteiger partial charge in [0.15, 0.2) is 0 Å². The summed E-state index contributed by atoms with van der Waals surface area (Å²) in [5.74, 6) is 0. The molecule has 0 radical (unpaired) electrons. The molecule has 1 nitrogen and oxygen atoms in total. The Morgan fingerprint density at radius 3 is 1.81 bits per heavy atom. The van der Waals surface area contributed by atoms with Crippen LogP contribution in [0.3, 0.4) is 0 Å². The lowest BCUT2D eigenvalue weighted by molar-refractivity contribution is 0.670. The second-order valence-corrected chi connectivity index (χ2v) is 8.14. The summed E-state index contributed by atoms with van der Waals surface area (Å²) in [5.41, 5.74) is 4.27. The van der Waals surface area contributed by atoms with E-state index in [1.807, 2.05) is 0 Å². The summed E-state index contributed by atoms with van der Waals surface area (Å²) in [6.07, 6.45) is 0. The topological polar surface area (TPSA) is 13.1 Å². The van der Waals surface area contributed by atoms with Gasteiger partial charge in [0.1, 0.15) is 11.2 Å². The van der Waals surface area contributed by atoms with Gasteiger partial charge in [0, 0.05) is 21.9 Å². The third-order valence-electron chi connectivity index (χ3n) is 6.43. The third-order valence-corrected chi connectivity index (χ3v) is 6.43. The summed E-state index contributed by atoms with van der Waals surface area (Å²) in [5, 5.41) is 9.82. The Kier molecular flexibility index (Phi) is 3.33. The molecule has 7 aromatic rings. The number of hydrogen-bond acceptors (Lipinski definition) is 1. The standard InChI is InChI=1S/C30H18O/c1-4-11-22-19(8-1)16-17-27-29(22)26-15-7-14-25(30(26)31-27)28-23-12-5-2-9-20(23)18-21-10-3-6-13-24(21)28/h1-18H. The minimum atomic E-state index is 0.936. The van der Waals surface area contributed by atoms with Gasteiger partial charge >= 0.3 is 0 Å². The van der Waals surface area contributed by atoms with Gasteiger partial charge in [-0.2, -0.15) is 0 Å². The van der Waals surface area contributed by atoms with Gasteiger partial charge in [-0.1, -0.05) is 97.1 Å². The van der Waals surface area contributed by atoms with E-state index in [9.17, 15) is 0 Å². The highest BCUT2D eigenvalue weighted by atomic mass is 16.3. The first kappa shape index (κ1) is 16.7. The van der Waals surface area contributed by atoms with Crippen LogP contribution in [0, 0.1) is 0 Å². The highest BCUT2D eigenvalue weighted by Gasteiger charge is 2.17. The van der Waals surface area contributed by atoms with Gasteiger partial charge in [-0.3, -0.25) is 0 Å². The first-order valence-corrected chi connectivity index (χ1v) is 10.6. The summed E-state index contributed by atoms with van der Waals surface area (Å²) < 4.78 is 6.54. The van der Waals surface area contributed by atoms with Gasteiger partial charge in [0.05, 0.1) is 0 Å². The van der Waals surface area contributed by atoms with Crippen LogP contribution in [0.15, 0.2) is 114 Å². The highest BCUT2D eigenvalue weighted by molar-refractivity contribution is 6.23. The van der Waals surface area contributed by atoms with E-state index in [-0.39, 0.29) is 0 Å². The summed E-state index contributed by atoms with van der Waals surface area (Å²) >= 11 is 0. The lowest BCUT2D eigenvalue weighted by atomic mass is 9.91. The van der Waals surface area contributed by atoms with E-state index in [4.69, 9.17) is 4.42 Å². The molecule has 1 heteroatoms. The van der Waals surface area contributed by atoms with Crippen LogP contribution in [0.2, 0.25) is 0 Å². The maximum Gasteiger partial charge on any atom is 0.143 e. The van der Waals surface area contributed by atoms with Crippen LogP contribution < -0.4 is 0 Å². The molecule has 1 heterocycles. The molecule has 0 aliphatic carbocycles. The summed E-state index contributed by atoms with van der Waals surface area (Å²) in [4.78, 5) is 0. The van der Waals surface area contributed by atoms with Crippen molar-refractivity contribution >= 4 is 54.3 Å². The second kappa shape index (κ2) is 6.20. The third kappa shape index (κ3) is 2.32. The zero-order chi connectivity index (χ0) is 20.4. The first-order valence-electron chi connectivity index (χ1n) is 10.6. The van der Waals surface area contributed by atoms with Gasteiger partial charge < -0.3 is 4.42 Å². The van der Waals surface area contributed by atoms with Crippen molar-refractivity contribution in [2.45, 2.75) is 0 Å². The van der Waals surface area contributed by atoms with E-state index in [1.54, 1.807) is 0 Å². The van der Waals surface area contributed by atoms with E-state index >= 15 is 0 Å². The van der Waals surface area contributed by atoms with Crippen LogP contribution in [-0.4, -0.2) is 0 Å². The van der Waals surface area contributed by atoms with Gasteiger partial charge in [-0.25, -0.2) is 0 Å². The van der Waals surface area contributed by atoms with Crippen LogP contribution in [0.1, 0.15) is 0 Å². The largest absolute Gasteiger partial charge is 0.455 e. The minimum absolute atomic E-state index is 0.936. The number of benzene rings is 6. The van der Waals surface area contributed by atoms with E-state index in [2.05, 4.69) is 109 Å². The second-order valence-electron chi connectivity index (χ2n) is 8.14. The van der Waals surface area contributed by atoms with E-state index in [0.29, 0.717) is 0 Å². The van der Waals surface area contributed by atoms with Crippen molar-refractivity contribution in [3.8, 4) is 11.1 Å². The zero-order valence-electron chi connectivity index (χ0n) is 16.8. The molecule has 0 amide bonds. The summed E-state index contributed by atoms with van der Waals surface area (Å²) in [7, 11) is 0. The molecule has 0 saturated carbocycles. The number of furan rings is 1. The summed E-state index contributed by atoms with van der Waals surface area (Å²) in [6, 6.07) is 38.9. The van der Waals surface area contributed by atoms with Gasteiger partial charge in [-0.05, 0) is 44.5 Å². The lowest BCUT2D eigenvalue weighted by Gasteiger charge is -2.12. The van der Waals surface area contributed by atoms with Crippen molar-refractivity contribution < 1.29 is 4.42 Å². The molecule has 0 spiro atoms. The molecule has 0 aliphatic rings. The van der Waals surface area contributed by atoms with Crippen LogP contribution in [0.4, 0.5) is 0 Å². The Hall–Kier alpha value is -4.10. The lowest BCUT2D eigenvalue weighted by Crippen LogP contribution is -1.86. The van der Waals surface area contributed by atoms with Crippen LogP contribution in [-0.2, 0) is 0 Å². The molecule has 0 bridgehead atoms. The maximum atomic E-state index is 6.54. The van der Waals surface area contributed by atoms with Crippen LogP contribution in [0.25, 0.3) is 65.4 Å². The van der Waals surface area contributed by atoms with Crippen LogP contribution >= 0.6 is 0 Å². The molecule has 7 rings (SSSR count). The maximum absolute atomic E-state index is 6.54. The Morgan fingerprint density at radius 1 is 0.452 bits per heavy atom. The molecule has 0 aliphatic heterocycles. The molecular weight excluding hydrogens is 376 g/mol. The normalized spacial score (nSPS) is 11.9. The molecular formula is C30H18O. The fourth-order valence-corrected chi connectivity index (χ4v) is 5.07. The van der Waals surface area contributed by atoms with Crippen molar-refractivity contribution in [1.29, 1.82) is 0 Å². The molecule has 0 unspecified atom stereocenters. The SMILES string of the molecule is c1ccc2c(-c3cccc4c3oc3ccc5ccccc5c34)c3ccccc3cc2c1. The number of para-hydroxylation sites is 1. The quantitative estimate of drug-likeness (QED) is 0.254. The summed E-state index contributed by atoms with van der Waals surface area (Å²) in [6.45, 7) is 0. The number of fused-ring (bicyclic) bond motifs is 7. The Morgan fingerprint density at radius 2 is 1.06 bits per heavy atom. The molecule has 0 fully saturated rings. The predicted octanol–water partition coefficient (Wildman–Crippen LogP) is 8.71. The molecule has 0 N–H and O–H groups in total. The minimum Gasteiger partial charge on any atom is -0.455 e. The molecule has 31 heavy (non-hydrogen) atoms. The Bertz CT molecular complexity index is 1730. The van der Waals surface area contributed by atoms with Crippen molar-refractivity contribution in [3.63, 3.8) is 0 Å². The molecule has 1 aromatic heterocycles. The fourth-order valence-electron chi connectivity index (χ4n) is 5.07. The Labute approximate surface area is 179 Å². The van der Waals surface area contributed by atoms with E-state index in [0.717, 1.165) is 16.7 Å². The molecule has 0 atom stereocenters. The molecule has 6 aromatic carbocycles. The van der Waals surface area contributed by atoms with E-state index in [1.165, 1.54) is 48.7 Å². The fraction of sp³-hybridized carbons (Fsp3) is 0. The Balaban J connectivity index is 1.69. The zero-order valence-corrected chi connectivity index (χ0v) is 16.8. The average molecular weight is 394 g/mol. The number of rotatable bonds is 1. The van der Waals surface area contributed by atoms with Crippen LogP contribution in [0.5, 0.6) is 0 Å². The highest BCUT2D eigenvalue weighted by Crippen LogP contribution is 2.43.